The van der Waals surface area contributed by atoms with Crippen molar-refractivity contribution in [2.24, 2.45) is 11.7 Å². The minimum atomic E-state index is 0.449. The molecule has 0 saturated heterocycles. The predicted octanol–water partition coefficient (Wildman–Crippen LogP) is 1.86. The first-order valence-electron chi connectivity index (χ1n) is 6.24. The number of hydrogen-bond donors (Lipinski definition) is 1. The normalized spacial score (nSPS) is 23.5. The van der Waals surface area contributed by atoms with Crippen LogP contribution in [0.15, 0.2) is 24.3 Å². The number of rotatable bonds is 5. The van der Waals surface area contributed by atoms with Crippen molar-refractivity contribution in [3.8, 4) is 5.75 Å². The summed E-state index contributed by atoms with van der Waals surface area (Å²) in [4.78, 5) is 2.37. The molecule has 0 atom stereocenters. The fraction of sp³-hybridized carbons (Fsp3) is 0.571. The second kappa shape index (κ2) is 5.52. The molecule has 2 N–H and O–H groups in total. The minimum Gasteiger partial charge on any atom is -0.497 e. The Morgan fingerprint density at radius 3 is 2.82 bits per heavy atom. The number of hydrogen-bond acceptors (Lipinski definition) is 3. The molecular formula is C14H22N2O. The first-order chi connectivity index (χ1) is 8.17. The molecule has 1 aromatic carbocycles. The van der Waals surface area contributed by atoms with Gasteiger partial charge in [0, 0.05) is 19.1 Å². The molecule has 3 heteroatoms. The molecule has 0 unspecified atom stereocenters. The van der Waals surface area contributed by atoms with E-state index in [2.05, 4.69) is 24.1 Å². The van der Waals surface area contributed by atoms with Crippen LogP contribution in [-0.4, -0.2) is 31.6 Å². The molecule has 1 aromatic rings. The Kier molecular flexibility index (Phi) is 4.02. The van der Waals surface area contributed by atoms with Crippen molar-refractivity contribution in [2.45, 2.75) is 25.4 Å². The van der Waals surface area contributed by atoms with E-state index in [0.717, 1.165) is 24.8 Å². The van der Waals surface area contributed by atoms with Crippen LogP contribution in [0.1, 0.15) is 18.4 Å². The van der Waals surface area contributed by atoms with E-state index in [4.69, 9.17) is 10.5 Å². The van der Waals surface area contributed by atoms with Crippen molar-refractivity contribution in [3.05, 3.63) is 29.8 Å². The van der Waals surface area contributed by atoms with Crippen LogP contribution in [0.3, 0.4) is 0 Å². The molecule has 3 nitrogen and oxygen atoms in total. The molecule has 1 aliphatic rings. The summed E-state index contributed by atoms with van der Waals surface area (Å²) < 4.78 is 5.23. The Labute approximate surface area is 104 Å². The molecule has 0 radical (unpaired) electrons. The lowest BCUT2D eigenvalue weighted by molar-refractivity contribution is 0.178. The van der Waals surface area contributed by atoms with Crippen LogP contribution in [0.25, 0.3) is 0 Å². The molecule has 1 saturated carbocycles. The number of methoxy groups -OCH3 is 1. The zero-order chi connectivity index (χ0) is 12.3. The average Bonchev–Trinajstić information content (AvgIpc) is 2.27. The van der Waals surface area contributed by atoms with E-state index >= 15 is 0 Å². The number of nitrogens with zero attached hydrogens (tertiary/aromatic N) is 1. The molecule has 0 amide bonds. The highest BCUT2D eigenvalue weighted by atomic mass is 16.5. The highest BCUT2D eigenvalue weighted by Crippen LogP contribution is 2.26. The molecule has 1 aliphatic carbocycles. The van der Waals surface area contributed by atoms with Gasteiger partial charge in [-0.25, -0.2) is 0 Å². The highest BCUT2D eigenvalue weighted by Gasteiger charge is 2.26. The van der Waals surface area contributed by atoms with Crippen LogP contribution in [0.4, 0.5) is 0 Å². The highest BCUT2D eigenvalue weighted by molar-refractivity contribution is 5.28. The third-order valence-electron chi connectivity index (χ3n) is 3.43. The maximum absolute atomic E-state index is 5.80. The van der Waals surface area contributed by atoms with Gasteiger partial charge in [0.25, 0.3) is 0 Å². The van der Waals surface area contributed by atoms with Gasteiger partial charge in [0.1, 0.15) is 5.75 Å². The van der Waals surface area contributed by atoms with Crippen molar-refractivity contribution < 1.29 is 4.74 Å². The maximum atomic E-state index is 5.80. The van der Waals surface area contributed by atoms with Gasteiger partial charge in [-0.05, 0) is 43.5 Å². The number of ether oxygens (including phenoxy) is 1. The van der Waals surface area contributed by atoms with Crippen LogP contribution in [-0.2, 0) is 6.54 Å². The van der Waals surface area contributed by atoms with E-state index in [1.54, 1.807) is 7.11 Å². The summed E-state index contributed by atoms with van der Waals surface area (Å²) in [7, 11) is 3.88. The molecule has 0 spiro atoms. The monoisotopic (exact) mass is 234 g/mol. The summed E-state index contributed by atoms with van der Waals surface area (Å²) >= 11 is 0. The Balaban J connectivity index is 1.82. The fourth-order valence-electron chi connectivity index (χ4n) is 2.52. The lowest BCUT2D eigenvalue weighted by atomic mass is 9.80. The van der Waals surface area contributed by atoms with Gasteiger partial charge in [0.15, 0.2) is 0 Å². The van der Waals surface area contributed by atoms with E-state index in [1.165, 1.54) is 18.4 Å². The van der Waals surface area contributed by atoms with Gasteiger partial charge < -0.3 is 15.4 Å². The van der Waals surface area contributed by atoms with E-state index < -0.39 is 0 Å². The lowest BCUT2D eigenvalue weighted by Crippen LogP contribution is -2.41. The molecule has 94 valence electrons. The van der Waals surface area contributed by atoms with Gasteiger partial charge in [-0.2, -0.15) is 0 Å². The van der Waals surface area contributed by atoms with E-state index in [9.17, 15) is 0 Å². The predicted molar refractivity (Wildman–Crippen MR) is 70.0 cm³/mol. The number of benzene rings is 1. The summed E-state index contributed by atoms with van der Waals surface area (Å²) in [6.07, 6.45) is 2.37. The quantitative estimate of drug-likeness (QED) is 0.845. The first kappa shape index (κ1) is 12.4. The molecule has 0 bridgehead atoms. The second-order valence-corrected chi connectivity index (χ2v) is 5.15. The van der Waals surface area contributed by atoms with E-state index in [1.807, 2.05) is 12.1 Å². The van der Waals surface area contributed by atoms with Gasteiger partial charge >= 0.3 is 0 Å². The Bertz CT molecular complexity index is 361. The van der Waals surface area contributed by atoms with Gasteiger partial charge in [-0.1, -0.05) is 12.1 Å². The van der Waals surface area contributed by atoms with Gasteiger partial charge in [0.2, 0.25) is 0 Å². The van der Waals surface area contributed by atoms with Crippen LogP contribution >= 0.6 is 0 Å². The summed E-state index contributed by atoms with van der Waals surface area (Å²) in [5, 5.41) is 0. The lowest BCUT2D eigenvalue weighted by Gasteiger charge is -2.35. The summed E-state index contributed by atoms with van der Waals surface area (Å²) in [5.41, 5.74) is 7.10. The fourth-order valence-corrected chi connectivity index (χ4v) is 2.52. The van der Waals surface area contributed by atoms with Crippen molar-refractivity contribution in [1.29, 1.82) is 0 Å². The molecule has 2 rings (SSSR count). The van der Waals surface area contributed by atoms with Crippen LogP contribution in [0, 0.1) is 5.92 Å². The molecule has 0 heterocycles. The van der Waals surface area contributed by atoms with Gasteiger partial charge in [-0.3, -0.25) is 0 Å². The topological polar surface area (TPSA) is 38.5 Å². The van der Waals surface area contributed by atoms with Gasteiger partial charge in [0.05, 0.1) is 7.11 Å². The smallest absolute Gasteiger partial charge is 0.119 e. The van der Waals surface area contributed by atoms with Crippen molar-refractivity contribution in [3.63, 3.8) is 0 Å². The van der Waals surface area contributed by atoms with Crippen LogP contribution < -0.4 is 10.5 Å². The third kappa shape index (κ3) is 3.45. The summed E-state index contributed by atoms with van der Waals surface area (Å²) in [6, 6.07) is 8.72. The Morgan fingerprint density at radius 1 is 1.41 bits per heavy atom. The molecular weight excluding hydrogens is 212 g/mol. The first-order valence-corrected chi connectivity index (χ1v) is 6.24. The van der Waals surface area contributed by atoms with E-state index in [0.29, 0.717) is 6.04 Å². The van der Waals surface area contributed by atoms with Crippen molar-refractivity contribution >= 4 is 0 Å². The van der Waals surface area contributed by atoms with Gasteiger partial charge in [-0.15, -0.1) is 0 Å². The van der Waals surface area contributed by atoms with Crippen molar-refractivity contribution in [2.75, 3.05) is 20.7 Å². The van der Waals surface area contributed by atoms with Crippen LogP contribution in [0.5, 0.6) is 5.75 Å². The summed E-state index contributed by atoms with van der Waals surface area (Å²) in [5.74, 6) is 1.72. The van der Waals surface area contributed by atoms with Crippen LogP contribution in [0.2, 0.25) is 0 Å². The zero-order valence-corrected chi connectivity index (χ0v) is 10.7. The Hall–Kier alpha value is -1.06. The molecule has 0 aliphatic heterocycles. The SMILES string of the molecule is COc1cccc(CN(C)CC2CC(N)C2)c1. The largest absolute Gasteiger partial charge is 0.497 e. The van der Waals surface area contributed by atoms with Crippen molar-refractivity contribution in [1.82, 2.24) is 4.90 Å². The maximum Gasteiger partial charge on any atom is 0.119 e. The minimum absolute atomic E-state index is 0.449. The molecule has 1 fully saturated rings. The standard InChI is InChI=1S/C14H22N2O/c1-16(10-12-6-13(15)7-12)9-11-4-3-5-14(8-11)17-2/h3-5,8,12-13H,6-7,9-10,15H2,1-2H3. The molecule has 0 aromatic heterocycles. The molecule has 17 heavy (non-hydrogen) atoms. The second-order valence-electron chi connectivity index (χ2n) is 5.15. The average molecular weight is 234 g/mol. The summed E-state index contributed by atoms with van der Waals surface area (Å²) in [6.45, 7) is 2.12. The van der Waals surface area contributed by atoms with E-state index in [-0.39, 0.29) is 0 Å². The number of nitrogens with two attached hydrogens (primary N) is 1. The zero-order valence-electron chi connectivity index (χ0n) is 10.7. The Morgan fingerprint density at radius 2 is 2.18 bits per heavy atom. The third-order valence-corrected chi connectivity index (χ3v) is 3.43.